The van der Waals surface area contributed by atoms with E-state index in [9.17, 15) is 0 Å². The van der Waals surface area contributed by atoms with E-state index in [0.717, 1.165) is 11.4 Å². The maximum absolute atomic E-state index is 4.48. The molecule has 3 aromatic rings. The fraction of sp³-hybridized carbons (Fsp3) is 0.200. The Bertz CT molecular complexity index is 646. The smallest absolute Gasteiger partial charge is 0.0969 e. The van der Waals surface area contributed by atoms with Gasteiger partial charge in [0.2, 0.25) is 0 Å². The minimum atomic E-state index is 0.330. The summed E-state index contributed by atoms with van der Waals surface area (Å²) < 4.78 is 0. The summed E-state index contributed by atoms with van der Waals surface area (Å²) >= 11 is 1.76. The Balaban J connectivity index is 1.63. The Morgan fingerprint density at radius 3 is 2.80 bits per heavy atom. The number of nitrogens with zero attached hydrogens (tertiary/aromatic N) is 3. The van der Waals surface area contributed by atoms with Crippen molar-refractivity contribution in [1.82, 2.24) is 20.3 Å². The van der Waals surface area contributed by atoms with Crippen LogP contribution in [0.1, 0.15) is 23.5 Å². The van der Waals surface area contributed by atoms with E-state index in [1.165, 1.54) is 4.88 Å². The van der Waals surface area contributed by atoms with Crippen LogP contribution in [0.15, 0.2) is 54.0 Å². The number of rotatable bonds is 5. The Labute approximate surface area is 122 Å². The highest BCUT2D eigenvalue weighted by molar-refractivity contribution is 7.10. The van der Waals surface area contributed by atoms with Gasteiger partial charge >= 0.3 is 0 Å². The van der Waals surface area contributed by atoms with E-state index < -0.39 is 0 Å². The van der Waals surface area contributed by atoms with Crippen LogP contribution in [-0.2, 0) is 6.54 Å². The molecule has 20 heavy (non-hydrogen) atoms. The second kappa shape index (κ2) is 5.98. The molecular formula is C15H16N4S. The molecule has 2 heterocycles. The fourth-order valence-electron chi connectivity index (χ4n) is 1.96. The van der Waals surface area contributed by atoms with Crippen molar-refractivity contribution in [3.05, 3.63) is 64.6 Å². The molecule has 4 nitrogen and oxygen atoms in total. The molecule has 0 saturated carbocycles. The van der Waals surface area contributed by atoms with Gasteiger partial charge < -0.3 is 5.32 Å². The van der Waals surface area contributed by atoms with E-state index in [1.54, 1.807) is 22.3 Å². The van der Waals surface area contributed by atoms with Gasteiger partial charge in [0, 0.05) is 17.5 Å². The Morgan fingerprint density at radius 2 is 2.05 bits per heavy atom. The molecule has 5 heteroatoms. The van der Waals surface area contributed by atoms with Crippen LogP contribution in [0.3, 0.4) is 0 Å². The van der Waals surface area contributed by atoms with Gasteiger partial charge in [0.05, 0.1) is 17.6 Å². The van der Waals surface area contributed by atoms with Gasteiger partial charge in [-0.25, -0.2) is 0 Å². The van der Waals surface area contributed by atoms with E-state index in [0.29, 0.717) is 12.6 Å². The van der Waals surface area contributed by atoms with Crippen molar-refractivity contribution in [2.45, 2.75) is 19.5 Å². The molecule has 0 aliphatic heterocycles. The molecule has 0 amide bonds. The lowest BCUT2D eigenvalue weighted by Crippen LogP contribution is -2.17. The second-order valence-corrected chi connectivity index (χ2v) is 5.56. The van der Waals surface area contributed by atoms with E-state index in [4.69, 9.17) is 0 Å². The largest absolute Gasteiger partial charge is 0.304 e. The highest BCUT2D eigenvalue weighted by Crippen LogP contribution is 2.18. The van der Waals surface area contributed by atoms with Crippen LogP contribution in [0, 0.1) is 0 Å². The fourth-order valence-corrected chi connectivity index (χ4v) is 2.72. The number of nitrogens with one attached hydrogen (secondary N) is 1. The molecule has 1 atom stereocenters. The molecule has 0 saturated heterocycles. The molecule has 1 N–H and O–H groups in total. The lowest BCUT2D eigenvalue weighted by molar-refractivity contribution is 0.571. The van der Waals surface area contributed by atoms with E-state index in [2.05, 4.69) is 40.0 Å². The summed E-state index contributed by atoms with van der Waals surface area (Å²) in [6.07, 6.45) is 1.81. The molecule has 0 bridgehead atoms. The normalized spacial score (nSPS) is 12.4. The molecule has 1 unspecified atom stereocenters. The molecule has 2 aromatic heterocycles. The molecule has 0 aliphatic carbocycles. The minimum absolute atomic E-state index is 0.330. The number of aromatic nitrogens is 3. The number of hydrogen-bond donors (Lipinski definition) is 1. The summed E-state index contributed by atoms with van der Waals surface area (Å²) in [6, 6.07) is 14.5. The average Bonchev–Trinajstić information content (AvgIpc) is 3.17. The van der Waals surface area contributed by atoms with Crippen molar-refractivity contribution in [2.75, 3.05) is 0 Å². The molecule has 1 aromatic carbocycles. The molecule has 0 fully saturated rings. The standard InChI is InChI=1S/C15H16N4S/c1-12(15-8-5-9-20-15)16-10-13-11-17-19(18-13)14-6-3-2-4-7-14/h2-9,11-12,16H,10H2,1H3. The first-order chi connectivity index (χ1) is 9.83. The van der Waals surface area contributed by atoms with Gasteiger partial charge in [0.15, 0.2) is 0 Å². The van der Waals surface area contributed by atoms with Crippen molar-refractivity contribution >= 4 is 11.3 Å². The van der Waals surface area contributed by atoms with Crippen LogP contribution in [0.2, 0.25) is 0 Å². The van der Waals surface area contributed by atoms with Gasteiger partial charge in [-0.3, -0.25) is 0 Å². The first kappa shape index (κ1) is 13.0. The highest BCUT2D eigenvalue weighted by Gasteiger charge is 2.07. The van der Waals surface area contributed by atoms with E-state index in [1.807, 2.05) is 30.3 Å². The first-order valence-corrected chi connectivity index (χ1v) is 7.44. The Kier molecular flexibility index (Phi) is 3.90. The van der Waals surface area contributed by atoms with Gasteiger partial charge in [0.1, 0.15) is 0 Å². The zero-order valence-electron chi connectivity index (χ0n) is 11.2. The molecular weight excluding hydrogens is 268 g/mol. The SMILES string of the molecule is CC(NCc1cnn(-c2ccccc2)n1)c1cccs1. The quantitative estimate of drug-likeness (QED) is 0.782. The maximum Gasteiger partial charge on any atom is 0.0969 e. The van der Waals surface area contributed by atoms with Gasteiger partial charge in [0.25, 0.3) is 0 Å². The van der Waals surface area contributed by atoms with Crippen LogP contribution in [0.25, 0.3) is 5.69 Å². The predicted molar refractivity (Wildman–Crippen MR) is 80.9 cm³/mol. The van der Waals surface area contributed by atoms with Crippen molar-refractivity contribution in [3.63, 3.8) is 0 Å². The Hall–Kier alpha value is -1.98. The Morgan fingerprint density at radius 1 is 1.20 bits per heavy atom. The van der Waals surface area contributed by atoms with Crippen LogP contribution in [0.4, 0.5) is 0 Å². The lowest BCUT2D eigenvalue weighted by atomic mass is 10.2. The van der Waals surface area contributed by atoms with Crippen LogP contribution >= 0.6 is 11.3 Å². The van der Waals surface area contributed by atoms with Gasteiger partial charge in [-0.05, 0) is 30.5 Å². The predicted octanol–water partition coefficient (Wildman–Crippen LogP) is 3.18. The second-order valence-electron chi connectivity index (χ2n) is 4.58. The van der Waals surface area contributed by atoms with Crippen LogP contribution in [-0.4, -0.2) is 15.0 Å². The number of hydrogen-bond acceptors (Lipinski definition) is 4. The van der Waals surface area contributed by atoms with Crippen molar-refractivity contribution in [3.8, 4) is 5.69 Å². The third kappa shape index (κ3) is 2.95. The van der Waals surface area contributed by atoms with Crippen molar-refractivity contribution in [1.29, 1.82) is 0 Å². The summed E-state index contributed by atoms with van der Waals surface area (Å²) in [5, 5.41) is 14.3. The molecule has 0 aliphatic rings. The lowest BCUT2D eigenvalue weighted by Gasteiger charge is -2.10. The van der Waals surface area contributed by atoms with E-state index >= 15 is 0 Å². The first-order valence-electron chi connectivity index (χ1n) is 6.56. The topological polar surface area (TPSA) is 42.7 Å². The monoisotopic (exact) mass is 284 g/mol. The van der Waals surface area contributed by atoms with Crippen molar-refractivity contribution < 1.29 is 0 Å². The zero-order chi connectivity index (χ0) is 13.8. The van der Waals surface area contributed by atoms with Crippen LogP contribution in [0.5, 0.6) is 0 Å². The third-order valence-electron chi connectivity index (χ3n) is 3.09. The van der Waals surface area contributed by atoms with Gasteiger partial charge in [-0.2, -0.15) is 15.0 Å². The highest BCUT2D eigenvalue weighted by atomic mass is 32.1. The third-order valence-corrected chi connectivity index (χ3v) is 4.14. The van der Waals surface area contributed by atoms with Gasteiger partial charge in [-0.15, -0.1) is 11.3 Å². The molecule has 102 valence electrons. The minimum Gasteiger partial charge on any atom is -0.304 e. The molecule has 0 radical (unpaired) electrons. The maximum atomic E-state index is 4.48. The number of benzene rings is 1. The summed E-state index contributed by atoms with van der Waals surface area (Å²) in [7, 11) is 0. The number of para-hydroxylation sites is 1. The zero-order valence-corrected chi connectivity index (χ0v) is 12.0. The summed E-state index contributed by atoms with van der Waals surface area (Å²) in [6.45, 7) is 2.87. The summed E-state index contributed by atoms with van der Waals surface area (Å²) in [4.78, 5) is 2.99. The van der Waals surface area contributed by atoms with Crippen molar-refractivity contribution in [2.24, 2.45) is 0 Å². The van der Waals surface area contributed by atoms with Crippen LogP contribution < -0.4 is 5.32 Å². The van der Waals surface area contributed by atoms with E-state index in [-0.39, 0.29) is 0 Å². The molecule has 0 spiro atoms. The summed E-state index contributed by atoms with van der Waals surface area (Å²) in [5.74, 6) is 0. The summed E-state index contributed by atoms with van der Waals surface area (Å²) in [5.41, 5.74) is 1.92. The van der Waals surface area contributed by atoms with Gasteiger partial charge in [-0.1, -0.05) is 24.3 Å². The number of thiophene rings is 1. The molecule has 3 rings (SSSR count). The average molecular weight is 284 g/mol.